The Morgan fingerprint density at radius 2 is 2.10 bits per heavy atom. The molecule has 0 fully saturated rings. The maximum atomic E-state index is 11.9. The van der Waals surface area contributed by atoms with E-state index in [1.807, 2.05) is 44.2 Å². The molecule has 0 aliphatic heterocycles. The van der Waals surface area contributed by atoms with Gasteiger partial charge >= 0.3 is 0 Å². The van der Waals surface area contributed by atoms with Crippen LogP contribution < -0.4 is 5.32 Å². The average Bonchev–Trinajstić information content (AvgIpc) is 2.40. The zero-order valence-electron chi connectivity index (χ0n) is 11.3. The molecule has 1 amide bonds. The quantitative estimate of drug-likeness (QED) is 0.840. The van der Waals surface area contributed by atoms with Crippen LogP contribution in [0.15, 0.2) is 45.9 Å². The third kappa shape index (κ3) is 4.35. The third-order valence-electron chi connectivity index (χ3n) is 2.67. The fourth-order valence-electron chi connectivity index (χ4n) is 1.64. The van der Waals surface area contributed by atoms with Gasteiger partial charge in [0.05, 0.1) is 5.75 Å². The van der Waals surface area contributed by atoms with E-state index in [1.165, 1.54) is 11.8 Å². The zero-order valence-corrected chi connectivity index (χ0v) is 13.7. The Morgan fingerprint density at radius 1 is 1.30 bits per heavy atom. The van der Waals surface area contributed by atoms with Crippen molar-refractivity contribution < 1.29 is 4.79 Å². The van der Waals surface area contributed by atoms with Crippen LogP contribution in [0.5, 0.6) is 0 Å². The van der Waals surface area contributed by atoms with Crippen molar-refractivity contribution >= 4 is 39.4 Å². The highest BCUT2D eigenvalue weighted by Gasteiger charge is 2.06. The molecule has 1 aromatic heterocycles. The molecule has 2 aromatic rings. The van der Waals surface area contributed by atoms with Gasteiger partial charge in [-0.05, 0) is 49.2 Å². The summed E-state index contributed by atoms with van der Waals surface area (Å²) in [5, 5.41) is 2.79. The van der Waals surface area contributed by atoms with E-state index in [1.54, 1.807) is 6.20 Å². The minimum absolute atomic E-state index is 0.0475. The van der Waals surface area contributed by atoms with Crippen LogP contribution in [0, 0.1) is 13.8 Å². The Labute approximate surface area is 131 Å². The smallest absolute Gasteiger partial charge is 0.235 e. The Balaban J connectivity index is 1.90. The van der Waals surface area contributed by atoms with Crippen molar-refractivity contribution in [1.29, 1.82) is 0 Å². The van der Waals surface area contributed by atoms with E-state index in [9.17, 15) is 4.79 Å². The maximum absolute atomic E-state index is 11.9. The van der Waals surface area contributed by atoms with Gasteiger partial charge in [-0.15, -0.1) is 11.8 Å². The molecule has 0 spiro atoms. The molecule has 0 unspecified atom stereocenters. The lowest BCUT2D eigenvalue weighted by molar-refractivity contribution is -0.113. The van der Waals surface area contributed by atoms with Gasteiger partial charge in [-0.25, -0.2) is 4.98 Å². The van der Waals surface area contributed by atoms with Crippen LogP contribution in [-0.4, -0.2) is 16.6 Å². The summed E-state index contributed by atoms with van der Waals surface area (Å²) in [5.74, 6) is 0.917. The van der Waals surface area contributed by atoms with E-state index >= 15 is 0 Å². The summed E-state index contributed by atoms with van der Waals surface area (Å²) >= 11 is 4.96. The molecule has 0 saturated carbocycles. The second kappa shape index (κ2) is 6.90. The molecule has 1 N–H and O–H groups in total. The Morgan fingerprint density at radius 3 is 2.75 bits per heavy atom. The number of nitrogens with zero attached hydrogens (tertiary/aromatic N) is 1. The Kier molecular flexibility index (Phi) is 5.20. The Hall–Kier alpha value is -1.33. The molecule has 104 valence electrons. The molecule has 0 aliphatic rings. The van der Waals surface area contributed by atoms with E-state index < -0.39 is 0 Å². The van der Waals surface area contributed by atoms with Crippen LogP contribution in [0.3, 0.4) is 0 Å². The summed E-state index contributed by atoms with van der Waals surface area (Å²) in [5.41, 5.74) is 2.23. The van der Waals surface area contributed by atoms with E-state index in [0.717, 1.165) is 20.5 Å². The number of nitrogens with one attached hydrogen (secondary N) is 1. The molecule has 0 atom stereocenters. The highest BCUT2D eigenvalue weighted by atomic mass is 79.9. The van der Waals surface area contributed by atoms with Gasteiger partial charge in [0.1, 0.15) is 5.82 Å². The zero-order chi connectivity index (χ0) is 14.5. The van der Waals surface area contributed by atoms with Gasteiger partial charge in [0.15, 0.2) is 0 Å². The summed E-state index contributed by atoms with van der Waals surface area (Å²) in [6.07, 6.45) is 1.74. The van der Waals surface area contributed by atoms with E-state index in [-0.39, 0.29) is 5.91 Å². The molecule has 2 rings (SSSR count). The molecular weight excluding hydrogens is 336 g/mol. The van der Waals surface area contributed by atoms with Gasteiger partial charge in [-0.2, -0.15) is 0 Å². The fourth-order valence-corrected chi connectivity index (χ4v) is 2.92. The lowest BCUT2D eigenvalue weighted by atomic mass is 10.2. The van der Waals surface area contributed by atoms with E-state index in [4.69, 9.17) is 0 Å². The number of thioether (sulfide) groups is 1. The molecular formula is C15H15BrN2OS. The molecule has 1 aromatic carbocycles. The fraction of sp³-hybridized carbons (Fsp3) is 0.200. The van der Waals surface area contributed by atoms with Gasteiger partial charge in [-0.3, -0.25) is 4.79 Å². The molecule has 0 aliphatic carbocycles. The van der Waals surface area contributed by atoms with Gasteiger partial charge in [0.2, 0.25) is 5.91 Å². The average molecular weight is 351 g/mol. The summed E-state index contributed by atoms with van der Waals surface area (Å²) in [7, 11) is 0. The Bertz CT molecular complexity index is 614. The molecule has 5 heteroatoms. The topological polar surface area (TPSA) is 42.0 Å². The summed E-state index contributed by atoms with van der Waals surface area (Å²) in [4.78, 5) is 17.1. The lowest BCUT2D eigenvalue weighted by Crippen LogP contribution is -2.14. The number of carbonyl (C=O) groups excluding carboxylic acids is 1. The summed E-state index contributed by atoms with van der Waals surface area (Å²) in [6.45, 7) is 4.00. The van der Waals surface area contributed by atoms with Gasteiger partial charge in [-0.1, -0.05) is 22.0 Å². The lowest BCUT2D eigenvalue weighted by Gasteiger charge is -2.07. The predicted molar refractivity (Wildman–Crippen MR) is 87.2 cm³/mol. The standard InChI is InChI=1S/C15H15BrN2OS/c1-10-3-6-14(17-8-10)18-15(19)9-20-13-5-4-12(16)7-11(13)2/h3-8H,9H2,1-2H3,(H,17,18,19). The number of aryl methyl sites for hydroxylation is 2. The maximum Gasteiger partial charge on any atom is 0.235 e. The van der Waals surface area contributed by atoms with Crippen LogP contribution in [0.2, 0.25) is 0 Å². The second-order valence-electron chi connectivity index (χ2n) is 4.47. The van der Waals surface area contributed by atoms with E-state index in [0.29, 0.717) is 11.6 Å². The van der Waals surface area contributed by atoms with Crippen LogP contribution in [-0.2, 0) is 4.79 Å². The van der Waals surface area contributed by atoms with Crippen molar-refractivity contribution in [3.8, 4) is 0 Å². The number of hydrogen-bond acceptors (Lipinski definition) is 3. The first-order valence-electron chi connectivity index (χ1n) is 6.16. The monoisotopic (exact) mass is 350 g/mol. The van der Waals surface area contributed by atoms with Crippen molar-refractivity contribution in [2.45, 2.75) is 18.7 Å². The van der Waals surface area contributed by atoms with Crippen molar-refractivity contribution in [2.75, 3.05) is 11.1 Å². The SMILES string of the molecule is Cc1ccc(NC(=O)CSc2ccc(Br)cc2C)nc1. The molecule has 1 heterocycles. The number of aromatic nitrogens is 1. The van der Waals surface area contributed by atoms with Crippen LogP contribution in [0.4, 0.5) is 5.82 Å². The minimum Gasteiger partial charge on any atom is -0.310 e. The van der Waals surface area contributed by atoms with Crippen LogP contribution >= 0.6 is 27.7 Å². The van der Waals surface area contributed by atoms with Crippen LogP contribution in [0.25, 0.3) is 0 Å². The first-order chi connectivity index (χ1) is 9.54. The van der Waals surface area contributed by atoms with Crippen molar-refractivity contribution in [3.05, 3.63) is 52.1 Å². The number of pyridine rings is 1. The summed E-state index contributed by atoms with van der Waals surface area (Å²) in [6, 6.07) is 9.77. The van der Waals surface area contributed by atoms with Crippen molar-refractivity contribution in [3.63, 3.8) is 0 Å². The van der Waals surface area contributed by atoms with Crippen molar-refractivity contribution in [1.82, 2.24) is 4.98 Å². The minimum atomic E-state index is -0.0475. The first kappa shape index (κ1) is 15.1. The van der Waals surface area contributed by atoms with Crippen molar-refractivity contribution in [2.24, 2.45) is 0 Å². The molecule has 20 heavy (non-hydrogen) atoms. The number of rotatable bonds is 4. The largest absolute Gasteiger partial charge is 0.310 e. The van der Waals surface area contributed by atoms with Gasteiger partial charge in [0, 0.05) is 15.6 Å². The number of amides is 1. The number of carbonyl (C=O) groups is 1. The summed E-state index contributed by atoms with van der Waals surface area (Å²) < 4.78 is 1.05. The van der Waals surface area contributed by atoms with Gasteiger partial charge < -0.3 is 5.32 Å². The molecule has 0 saturated heterocycles. The van der Waals surface area contributed by atoms with Gasteiger partial charge in [0.25, 0.3) is 0 Å². The van der Waals surface area contributed by atoms with E-state index in [2.05, 4.69) is 26.2 Å². The highest BCUT2D eigenvalue weighted by Crippen LogP contribution is 2.25. The first-order valence-corrected chi connectivity index (χ1v) is 7.94. The highest BCUT2D eigenvalue weighted by molar-refractivity contribution is 9.10. The van der Waals surface area contributed by atoms with Crippen LogP contribution in [0.1, 0.15) is 11.1 Å². The molecule has 0 radical (unpaired) electrons. The molecule has 3 nitrogen and oxygen atoms in total. The number of anilines is 1. The number of halogens is 1. The normalized spacial score (nSPS) is 10.3. The molecule has 0 bridgehead atoms. The second-order valence-corrected chi connectivity index (χ2v) is 6.40. The number of hydrogen-bond donors (Lipinski definition) is 1. The third-order valence-corrected chi connectivity index (χ3v) is 4.34. The number of benzene rings is 1. The predicted octanol–water partition coefficient (Wildman–Crippen LogP) is 4.19.